The Morgan fingerprint density at radius 1 is 1.32 bits per heavy atom. The van der Waals surface area contributed by atoms with Crippen LogP contribution < -0.4 is 14.8 Å². The smallest absolute Gasteiger partial charge is 0.268 e. The van der Waals surface area contributed by atoms with Crippen molar-refractivity contribution in [2.45, 2.75) is 26.4 Å². The van der Waals surface area contributed by atoms with E-state index in [2.05, 4.69) is 21.2 Å². The van der Waals surface area contributed by atoms with Crippen molar-refractivity contribution < 1.29 is 14.3 Å². The summed E-state index contributed by atoms with van der Waals surface area (Å²) >= 11 is 3.42. The normalized spacial score (nSPS) is 12.7. The molecule has 0 radical (unpaired) electrons. The largest absolute Gasteiger partial charge is 0.454 e. The maximum Gasteiger partial charge on any atom is 0.268 e. The summed E-state index contributed by atoms with van der Waals surface area (Å²) < 4.78 is 13.5. The molecule has 0 atom stereocenters. The molecule has 1 N–H and O–H groups in total. The lowest BCUT2D eigenvalue weighted by Gasteiger charge is -2.13. The van der Waals surface area contributed by atoms with E-state index in [1.165, 1.54) is 0 Å². The second kappa shape index (κ2) is 6.04. The van der Waals surface area contributed by atoms with Gasteiger partial charge in [-0.15, -0.1) is 0 Å². The van der Waals surface area contributed by atoms with Crippen LogP contribution in [0.5, 0.6) is 11.5 Å². The summed E-state index contributed by atoms with van der Waals surface area (Å²) in [4.78, 5) is 12.4. The van der Waals surface area contributed by atoms with Gasteiger partial charge in [-0.2, -0.15) is 0 Å². The lowest BCUT2D eigenvalue weighted by atomic mass is 10.2. The number of amides is 1. The molecule has 1 aliphatic heterocycles. The molecule has 1 aromatic carbocycles. The molecule has 5 nitrogen and oxygen atoms in total. The lowest BCUT2D eigenvalue weighted by Crippen LogP contribution is -2.25. The highest BCUT2D eigenvalue weighted by atomic mass is 79.9. The molecular formula is C16H17BrN2O3. The standard InChI is InChI=1S/C16H17BrN2O3/c1-10(2)19-8-12(17)6-13(19)16(20)18-7-11-3-4-14-15(5-11)22-9-21-14/h3-6,8,10H,7,9H2,1-2H3,(H,18,20). The van der Waals surface area contributed by atoms with Gasteiger partial charge >= 0.3 is 0 Å². The SMILES string of the molecule is CC(C)n1cc(Br)cc1C(=O)NCc1ccc2c(c1)OCO2. The van der Waals surface area contributed by atoms with Gasteiger partial charge in [-0.05, 0) is 53.5 Å². The Balaban J connectivity index is 1.70. The molecule has 0 spiro atoms. The molecule has 0 fully saturated rings. The predicted molar refractivity (Wildman–Crippen MR) is 86.3 cm³/mol. The number of halogens is 1. The molecule has 6 heteroatoms. The van der Waals surface area contributed by atoms with Crippen LogP contribution >= 0.6 is 15.9 Å². The fourth-order valence-electron chi connectivity index (χ4n) is 2.38. The minimum atomic E-state index is -0.0999. The molecule has 1 aliphatic rings. The van der Waals surface area contributed by atoms with Gasteiger partial charge in [0.2, 0.25) is 6.79 Å². The van der Waals surface area contributed by atoms with E-state index in [1.807, 2.05) is 48.9 Å². The minimum Gasteiger partial charge on any atom is -0.454 e. The van der Waals surface area contributed by atoms with Crippen LogP contribution in [0.15, 0.2) is 34.9 Å². The third kappa shape index (κ3) is 2.97. The molecule has 3 rings (SSSR count). The second-order valence-electron chi connectivity index (χ2n) is 5.41. The summed E-state index contributed by atoms with van der Waals surface area (Å²) in [6, 6.07) is 7.72. The monoisotopic (exact) mass is 364 g/mol. The number of rotatable bonds is 4. The Bertz CT molecular complexity index is 709. The van der Waals surface area contributed by atoms with Crippen LogP contribution in [0.2, 0.25) is 0 Å². The number of benzene rings is 1. The van der Waals surface area contributed by atoms with Crippen LogP contribution in [-0.4, -0.2) is 17.3 Å². The van der Waals surface area contributed by atoms with Crippen LogP contribution in [0.4, 0.5) is 0 Å². The molecule has 2 heterocycles. The highest BCUT2D eigenvalue weighted by Gasteiger charge is 2.16. The van der Waals surface area contributed by atoms with Crippen molar-refractivity contribution >= 4 is 21.8 Å². The Labute approximate surface area is 137 Å². The third-order valence-electron chi connectivity index (χ3n) is 3.49. The Morgan fingerprint density at radius 2 is 2.09 bits per heavy atom. The van der Waals surface area contributed by atoms with Crippen LogP contribution in [0, 0.1) is 0 Å². The van der Waals surface area contributed by atoms with E-state index >= 15 is 0 Å². The summed E-state index contributed by atoms with van der Waals surface area (Å²) in [6.45, 7) is 4.78. The Kier molecular flexibility index (Phi) is 4.11. The van der Waals surface area contributed by atoms with Crippen molar-refractivity contribution in [2.75, 3.05) is 6.79 Å². The van der Waals surface area contributed by atoms with E-state index in [0.717, 1.165) is 21.5 Å². The molecular weight excluding hydrogens is 348 g/mol. The predicted octanol–water partition coefficient (Wildman–Crippen LogP) is 3.49. The van der Waals surface area contributed by atoms with Gasteiger partial charge < -0.3 is 19.4 Å². The maximum absolute atomic E-state index is 12.4. The highest BCUT2D eigenvalue weighted by Crippen LogP contribution is 2.32. The first-order valence-electron chi connectivity index (χ1n) is 7.08. The molecule has 0 aliphatic carbocycles. The summed E-state index contributed by atoms with van der Waals surface area (Å²) in [5, 5.41) is 2.94. The molecule has 0 saturated carbocycles. The molecule has 1 amide bonds. The number of hydrogen-bond donors (Lipinski definition) is 1. The van der Waals surface area contributed by atoms with E-state index < -0.39 is 0 Å². The average molecular weight is 365 g/mol. The number of nitrogens with zero attached hydrogens (tertiary/aromatic N) is 1. The first kappa shape index (κ1) is 15.0. The molecule has 0 saturated heterocycles. The van der Waals surface area contributed by atoms with Gasteiger partial charge in [0.1, 0.15) is 5.69 Å². The summed E-state index contributed by atoms with van der Waals surface area (Å²) in [5.41, 5.74) is 1.61. The Morgan fingerprint density at radius 3 is 2.86 bits per heavy atom. The molecule has 0 unspecified atom stereocenters. The fraction of sp³-hybridized carbons (Fsp3) is 0.312. The van der Waals surface area contributed by atoms with Crippen LogP contribution in [0.3, 0.4) is 0 Å². The lowest BCUT2D eigenvalue weighted by molar-refractivity contribution is 0.0940. The van der Waals surface area contributed by atoms with E-state index in [1.54, 1.807) is 0 Å². The summed E-state index contributed by atoms with van der Waals surface area (Å²) in [7, 11) is 0. The average Bonchev–Trinajstić information content (AvgIpc) is 3.10. The van der Waals surface area contributed by atoms with Gasteiger partial charge in [0.05, 0.1) is 0 Å². The van der Waals surface area contributed by atoms with Crippen molar-refractivity contribution in [3.63, 3.8) is 0 Å². The van der Waals surface area contributed by atoms with Crippen molar-refractivity contribution in [3.8, 4) is 11.5 Å². The number of carbonyl (C=O) groups excluding carboxylic acids is 1. The van der Waals surface area contributed by atoms with Gasteiger partial charge in [0.25, 0.3) is 5.91 Å². The van der Waals surface area contributed by atoms with E-state index in [-0.39, 0.29) is 18.7 Å². The van der Waals surface area contributed by atoms with Crippen molar-refractivity contribution in [1.29, 1.82) is 0 Å². The molecule has 1 aromatic heterocycles. The molecule has 2 aromatic rings. The van der Waals surface area contributed by atoms with Gasteiger partial charge in [-0.1, -0.05) is 6.07 Å². The van der Waals surface area contributed by atoms with Crippen LogP contribution in [0.25, 0.3) is 0 Å². The van der Waals surface area contributed by atoms with Crippen LogP contribution in [0.1, 0.15) is 35.9 Å². The Hall–Kier alpha value is -1.95. The van der Waals surface area contributed by atoms with Crippen molar-refractivity contribution in [3.05, 3.63) is 46.2 Å². The van der Waals surface area contributed by atoms with Gasteiger partial charge in [0.15, 0.2) is 11.5 Å². The fourth-order valence-corrected chi connectivity index (χ4v) is 2.82. The first-order valence-corrected chi connectivity index (χ1v) is 7.88. The first-order chi connectivity index (χ1) is 10.5. The van der Waals surface area contributed by atoms with E-state index in [0.29, 0.717) is 12.2 Å². The molecule has 116 valence electrons. The number of nitrogens with one attached hydrogen (secondary N) is 1. The van der Waals surface area contributed by atoms with Gasteiger partial charge in [-0.25, -0.2) is 0 Å². The quantitative estimate of drug-likeness (QED) is 0.903. The van der Waals surface area contributed by atoms with E-state index in [4.69, 9.17) is 9.47 Å². The topological polar surface area (TPSA) is 52.5 Å². The third-order valence-corrected chi connectivity index (χ3v) is 3.93. The number of ether oxygens (including phenoxy) is 2. The maximum atomic E-state index is 12.4. The van der Waals surface area contributed by atoms with Crippen molar-refractivity contribution in [1.82, 2.24) is 9.88 Å². The number of aromatic nitrogens is 1. The number of carbonyl (C=O) groups is 1. The second-order valence-corrected chi connectivity index (χ2v) is 6.33. The zero-order valence-corrected chi connectivity index (χ0v) is 14.0. The van der Waals surface area contributed by atoms with E-state index in [9.17, 15) is 4.79 Å². The summed E-state index contributed by atoms with van der Waals surface area (Å²) in [6.07, 6.45) is 1.92. The van der Waals surface area contributed by atoms with Crippen molar-refractivity contribution in [2.24, 2.45) is 0 Å². The van der Waals surface area contributed by atoms with Gasteiger partial charge in [-0.3, -0.25) is 4.79 Å². The number of fused-ring (bicyclic) bond motifs is 1. The number of hydrogen-bond acceptors (Lipinski definition) is 3. The zero-order chi connectivity index (χ0) is 15.7. The zero-order valence-electron chi connectivity index (χ0n) is 12.4. The van der Waals surface area contributed by atoms with Gasteiger partial charge in [0, 0.05) is 23.3 Å². The summed E-state index contributed by atoms with van der Waals surface area (Å²) in [5.74, 6) is 1.37. The molecule has 0 bridgehead atoms. The minimum absolute atomic E-state index is 0.0999. The molecule has 22 heavy (non-hydrogen) atoms. The highest BCUT2D eigenvalue weighted by molar-refractivity contribution is 9.10. The van der Waals surface area contributed by atoms with Crippen LogP contribution in [-0.2, 0) is 6.54 Å².